The highest BCUT2D eigenvalue weighted by atomic mass is 79.9. The summed E-state index contributed by atoms with van der Waals surface area (Å²) in [6.45, 7) is 5.94. The van der Waals surface area contributed by atoms with Gasteiger partial charge in [-0.25, -0.2) is 0 Å². The number of hydrogen-bond donors (Lipinski definition) is 0. The van der Waals surface area contributed by atoms with Gasteiger partial charge in [-0.1, -0.05) is 15.9 Å². The molecule has 0 N–H and O–H groups in total. The van der Waals surface area contributed by atoms with Gasteiger partial charge in [0.25, 0.3) is 0 Å². The third-order valence-corrected chi connectivity index (χ3v) is 3.37. The number of hydrogen-bond acceptors (Lipinski definition) is 1. The quantitative estimate of drug-likeness (QED) is 0.834. The normalized spacial score (nSPS) is 11.4. The Morgan fingerprint density at radius 2 is 2.12 bits per heavy atom. The summed E-state index contributed by atoms with van der Waals surface area (Å²) in [7, 11) is 0. The van der Waals surface area contributed by atoms with Gasteiger partial charge >= 0.3 is 0 Å². The zero-order valence-corrected chi connectivity index (χ0v) is 11.9. The standard InChI is InChI=1S/C14H16BrNO/c1-9(2)16-8-11(6-10(3)17)13-7-12(15)4-5-14(13)16/h4-5,7-9H,6H2,1-3H3. The average Bonchev–Trinajstić information content (AvgIpc) is 2.56. The Labute approximate surface area is 110 Å². The van der Waals surface area contributed by atoms with Crippen LogP contribution in [-0.2, 0) is 11.2 Å². The second-order valence-corrected chi connectivity index (χ2v) is 5.61. The number of Topliss-reactive ketones (excluding diaryl/α,β-unsaturated/α-hetero) is 1. The predicted molar refractivity (Wildman–Crippen MR) is 74.4 cm³/mol. The summed E-state index contributed by atoms with van der Waals surface area (Å²) in [5, 5.41) is 1.17. The van der Waals surface area contributed by atoms with E-state index in [9.17, 15) is 4.79 Å². The summed E-state index contributed by atoms with van der Waals surface area (Å²) in [5.41, 5.74) is 2.31. The summed E-state index contributed by atoms with van der Waals surface area (Å²) in [6, 6.07) is 6.63. The van der Waals surface area contributed by atoms with Gasteiger partial charge < -0.3 is 4.57 Å². The minimum Gasteiger partial charge on any atom is -0.345 e. The number of benzene rings is 1. The third kappa shape index (κ3) is 2.44. The zero-order valence-electron chi connectivity index (χ0n) is 10.3. The van der Waals surface area contributed by atoms with Crippen LogP contribution >= 0.6 is 15.9 Å². The van der Waals surface area contributed by atoms with Crippen molar-refractivity contribution >= 4 is 32.6 Å². The van der Waals surface area contributed by atoms with E-state index in [4.69, 9.17) is 0 Å². The van der Waals surface area contributed by atoms with Crippen LogP contribution in [0.2, 0.25) is 0 Å². The molecule has 0 aliphatic carbocycles. The number of fused-ring (bicyclic) bond motifs is 1. The molecule has 0 aliphatic rings. The molecule has 2 rings (SSSR count). The zero-order chi connectivity index (χ0) is 12.6. The van der Waals surface area contributed by atoms with Gasteiger partial charge in [0.2, 0.25) is 0 Å². The maximum Gasteiger partial charge on any atom is 0.134 e. The van der Waals surface area contributed by atoms with Gasteiger partial charge in [-0.3, -0.25) is 4.79 Å². The molecule has 3 heteroatoms. The van der Waals surface area contributed by atoms with E-state index in [1.807, 2.05) is 6.07 Å². The van der Waals surface area contributed by atoms with E-state index in [1.54, 1.807) is 6.92 Å². The van der Waals surface area contributed by atoms with Crippen molar-refractivity contribution < 1.29 is 4.79 Å². The number of rotatable bonds is 3. The molecule has 0 unspecified atom stereocenters. The Kier molecular flexibility index (Phi) is 3.38. The van der Waals surface area contributed by atoms with Gasteiger partial charge in [0.15, 0.2) is 0 Å². The van der Waals surface area contributed by atoms with Gasteiger partial charge in [0.1, 0.15) is 5.78 Å². The Morgan fingerprint density at radius 1 is 1.41 bits per heavy atom. The van der Waals surface area contributed by atoms with Crippen LogP contribution in [-0.4, -0.2) is 10.4 Å². The number of aromatic nitrogens is 1. The highest BCUT2D eigenvalue weighted by Gasteiger charge is 2.12. The average molecular weight is 294 g/mol. The smallest absolute Gasteiger partial charge is 0.134 e. The molecule has 0 amide bonds. The number of nitrogens with zero attached hydrogens (tertiary/aromatic N) is 1. The van der Waals surface area contributed by atoms with Crippen molar-refractivity contribution in [2.75, 3.05) is 0 Å². The first-order valence-electron chi connectivity index (χ1n) is 5.77. The Bertz CT molecular complexity index is 569. The van der Waals surface area contributed by atoms with Crippen LogP contribution in [0.1, 0.15) is 32.4 Å². The summed E-state index contributed by atoms with van der Waals surface area (Å²) < 4.78 is 3.27. The highest BCUT2D eigenvalue weighted by molar-refractivity contribution is 9.10. The molecule has 0 aliphatic heterocycles. The molecule has 0 saturated carbocycles. The molecule has 0 bridgehead atoms. The first-order valence-corrected chi connectivity index (χ1v) is 6.56. The fraction of sp³-hybridized carbons (Fsp3) is 0.357. The van der Waals surface area contributed by atoms with Gasteiger partial charge in [0.05, 0.1) is 0 Å². The van der Waals surface area contributed by atoms with E-state index < -0.39 is 0 Å². The van der Waals surface area contributed by atoms with E-state index in [2.05, 4.69) is 52.7 Å². The largest absolute Gasteiger partial charge is 0.345 e. The molecule has 0 radical (unpaired) electrons. The van der Waals surface area contributed by atoms with Gasteiger partial charge in [-0.05, 0) is 44.5 Å². The van der Waals surface area contributed by atoms with E-state index in [0.29, 0.717) is 12.5 Å². The molecule has 2 nitrogen and oxygen atoms in total. The highest BCUT2D eigenvalue weighted by Crippen LogP contribution is 2.28. The third-order valence-electron chi connectivity index (χ3n) is 2.87. The number of carbonyl (C=O) groups excluding carboxylic acids is 1. The van der Waals surface area contributed by atoms with Gasteiger partial charge in [-0.2, -0.15) is 0 Å². The van der Waals surface area contributed by atoms with Crippen molar-refractivity contribution in [2.24, 2.45) is 0 Å². The molecule has 0 spiro atoms. The molecule has 1 heterocycles. The van der Waals surface area contributed by atoms with Crippen LogP contribution in [0.5, 0.6) is 0 Å². The minimum absolute atomic E-state index is 0.202. The van der Waals surface area contributed by atoms with Crippen molar-refractivity contribution in [1.82, 2.24) is 4.57 Å². The fourth-order valence-corrected chi connectivity index (χ4v) is 2.49. The molecule has 17 heavy (non-hydrogen) atoms. The molecule has 1 aromatic carbocycles. The fourth-order valence-electron chi connectivity index (χ4n) is 2.13. The molecular weight excluding hydrogens is 278 g/mol. The van der Waals surface area contributed by atoms with Crippen LogP contribution in [0.25, 0.3) is 10.9 Å². The van der Waals surface area contributed by atoms with E-state index in [-0.39, 0.29) is 5.78 Å². The first-order chi connectivity index (χ1) is 7.99. The Morgan fingerprint density at radius 3 is 2.71 bits per heavy atom. The summed E-state index contributed by atoms with van der Waals surface area (Å²) in [4.78, 5) is 11.3. The van der Waals surface area contributed by atoms with Crippen molar-refractivity contribution in [1.29, 1.82) is 0 Å². The summed E-state index contributed by atoms with van der Waals surface area (Å²) in [6.07, 6.45) is 2.61. The van der Waals surface area contributed by atoms with Crippen molar-refractivity contribution in [2.45, 2.75) is 33.2 Å². The molecule has 0 fully saturated rings. The van der Waals surface area contributed by atoms with Crippen LogP contribution in [0.15, 0.2) is 28.9 Å². The van der Waals surface area contributed by atoms with Crippen molar-refractivity contribution in [3.8, 4) is 0 Å². The van der Waals surface area contributed by atoms with E-state index in [1.165, 1.54) is 10.9 Å². The molecular formula is C14H16BrNO. The second kappa shape index (κ2) is 4.65. The molecule has 0 atom stereocenters. The monoisotopic (exact) mass is 293 g/mol. The van der Waals surface area contributed by atoms with Gasteiger partial charge in [-0.15, -0.1) is 0 Å². The second-order valence-electron chi connectivity index (χ2n) is 4.70. The lowest BCUT2D eigenvalue weighted by molar-refractivity contribution is -0.116. The lowest BCUT2D eigenvalue weighted by Crippen LogP contribution is -1.98. The number of carbonyl (C=O) groups is 1. The summed E-state index contributed by atoms with van der Waals surface area (Å²) >= 11 is 3.48. The Hall–Kier alpha value is -1.09. The lowest BCUT2D eigenvalue weighted by Gasteiger charge is -2.08. The van der Waals surface area contributed by atoms with E-state index >= 15 is 0 Å². The van der Waals surface area contributed by atoms with Gasteiger partial charge in [0, 0.05) is 34.0 Å². The lowest BCUT2D eigenvalue weighted by atomic mass is 10.1. The van der Waals surface area contributed by atoms with Crippen LogP contribution < -0.4 is 0 Å². The maximum atomic E-state index is 11.3. The number of halogens is 1. The van der Waals surface area contributed by atoms with Crippen LogP contribution in [0, 0.1) is 0 Å². The van der Waals surface area contributed by atoms with Crippen LogP contribution in [0.4, 0.5) is 0 Å². The molecule has 0 saturated heterocycles. The molecule has 2 aromatic rings. The predicted octanol–water partition coefficient (Wildman–Crippen LogP) is 4.12. The minimum atomic E-state index is 0.202. The van der Waals surface area contributed by atoms with E-state index in [0.717, 1.165) is 10.0 Å². The number of ketones is 1. The Balaban J connectivity index is 2.66. The topological polar surface area (TPSA) is 22.0 Å². The summed E-state index contributed by atoms with van der Waals surface area (Å²) in [5.74, 6) is 0.202. The van der Waals surface area contributed by atoms with Crippen molar-refractivity contribution in [3.63, 3.8) is 0 Å². The molecule has 90 valence electrons. The van der Waals surface area contributed by atoms with Crippen molar-refractivity contribution in [3.05, 3.63) is 34.4 Å². The maximum absolute atomic E-state index is 11.3. The first kappa shape index (κ1) is 12.4. The SMILES string of the molecule is CC(=O)Cc1cn(C(C)C)c2ccc(Br)cc12. The molecule has 1 aromatic heterocycles. The van der Waals surface area contributed by atoms with Crippen LogP contribution in [0.3, 0.4) is 0 Å².